The predicted molar refractivity (Wildman–Crippen MR) is 100 cm³/mol. The zero-order chi connectivity index (χ0) is 17.9. The Bertz CT molecular complexity index is 938. The number of ether oxygens (including phenoxy) is 1. The lowest BCUT2D eigenvalue weighted by atomic mass is 10.0. The smallest absolute Gasteiger partial charge is 0.278 e. The van der Waals surface area contributed by atoms with Gasteiger partial charge in [-0.1, -0.05) is 18.2 Å². The molecule has 1 amide bonds. The Hall–Kier alpha value is -3.21. The second kappa shape index (κ2) is 6.96. The third kappa shape index (κ3) is 3.04. The van der Waals surface area contributed by atoms with Crippen molar-refractivity contribution in [2.45, 2.75) is 12.8 Å². The summed E-state index contributed by atoms with van der Waals surface area (Å²) < 4.78 is 5.18. The van der Waals surface area contributed by atoms with E-state index in [4.69, 9.17) is 4.74 Å². The first-order chi connectivity index (χ1) is 12.8. The minimum absolute atomic E-state index is 0.111. The molecule has 1 aliphatic heterocycles. The molecule has 0 bridgehead atoms. The van der Waals surface area contributed by atoms with Crippen LogP contribution in [-0.4, -0.2) is 29.5 Å². The van der Waals surface area contributed by atoms with Crippen LogP contribution in [0.25, 0.3) is 11.3 Å². The van der Waals surface area contributed by atoms with E-state index in [-0.39, 0.29) is 5.91 Å². The topological polar surface area (TPSA) is 55.3 Å². The molecule has 0 saturated carbocycles. The number of nitrogens with zero attached hydrogens (tertiary/aromatic N) is 3. The van der Waals surface area contributed by atoms with Crippen molar-refractivity contribution in [2.75, 3.05) is 18.6 Å². The summed E-state index contributed by atoms with van der Waals surface area (Å²) in [6.07, 6.45) is 5.15. The van der Waals surface area contributed by atoms with Crippen LogP contribution in [0.2, 0.25) is 0 Å². The van der Waals surface area contributed by atoms with E-state index in [0.29, 0.717) is 17.9 Å². The third-order valence-corrected chi connectivity index (χ3v) is 4.59. The highest BCUT2D eigenvalue weighted by Gasteiger charge is 2.24. The van der Waals surface area contributed by atoms with Crippen molar-refractivity contribution in [2.24, 2.45) is 0 Å². The molecule has 0 unspecified atom stereocenters. The highest BCUT2D eigenvalue weighted by molar-refractivity contribution is 6.05. The number of hydrogen-bond acceptors (Lipinski definition) is 4. The van der Waals surface area contributed by atoms with Gasteiger partial charge in [-0.2, -0.15) is 0 Å². The van der Waals surface area contributed by atoms with Crippen LogP contribution in [0.3, 0.4) is 0 Å². The van der Waals surface area contributed by atoms with Crippen LogP contribution >= 0.6 is 0 Å². The van der Waals surface area contributed by atoms with Gasteiger partial charge in [-0.05, 0) is 48.7 Å². The van der Waals surface area contributed by atoms with Crippen LogP contribution in [0.5, 0.6) is 5.75 Å². The van der Waals surface area contributed by atoms with E-state index in [9.17, 15) is 4.79 Å². The van der Waals surface area contributed by atoms with Crippen molar-refractivity contribution in [1.82, 2.24) is 9.97 Å². The van der Waals surface area contributed by atoms with Crippen LogP contribution < -0.4 is 9.64 Å². The summed E-state index contributed by atoms with van der Waals surface area (Å²) in [7, 11) is 1.63. The fourth-order valence-corrected chi connectivity index (χ4v) is 3.25. The molecule has 4 rings (SSSR count). The van der Waals surface area contributed by atoms with Gasteiger partial charge in [0.1, 0.15) is 11.4 Å². The molecule has 1 aromatic heterocycles. The lowest BCUT2D eigenvalue weighted by Crippen LogP contribution is -2.36. The summed E-state index contributed by atoms with van der Waals surface area (Å²) in [6, 6.07) is 15.6. The molecule has 0 spiro atoms. The molecule has 0 radical (unpaired) electrons. The molecule has 0 atom stereocenters. The molecule has 2 heterocycles. The molecule has 0 saturated heterocycles. The van der Waals surface area contributed by atoms with Gasteiger partial charge in [-0.15, -0.1) is 0 Å². The summed E-state index contributed by atoms with van der Waals surface area (Å²) in [5.41, 5.74) is 4.09. The minimum Gasteiger partial charge on any atom is -0.497 e. The molecule has 0 fully saturated rings. The van der Waals surface area contributed by atoms with Crippen LogP contribution in [0.1, 0.15) is 22.5 Å². The molecule has 3 aromatic rings. The normalized spacial score (nSPS) is 13.2. The van der Waals surface area contributed by atoms with Crippen molar-refractivity contribution in [3.8, 4) is 17.0 Å². The summed E-state index contributed by atoms with van der Waals surface area (Å²) in [5.74, 6) is 0.666. The van der Waals surface area contributed by atoms with Crippen LogP contribution in [0.4, 0.5) is 5.69 Å². The first-order valence-corrected chi connectivity index (χ1v) is 8.62. The monoisotopic (exact) mass is 345 g/mol. The third-order valence-electron chi connectivity index (χ3n) is 4.59. The lowest BCUT2D eigenvalue weighted by molar-refractivity contribution is 0.0980. The average Bonchev–Trinajstić information content (AvgIpc) is 2.73. The Kier molecular flexibility index (Phi) is 4.35. The molecule has 130 valence electrons. The van der Waals surface area contributed by atoms with Crippen LogP contribution in [0.15, 0.2) is 60.9 Å². The van der Waals surface area contributed by atoms with E-state index in [2.05, 4.69) is 16.0 Å². The largest absolute Gasteiger partial charge is 0.497 e. The van der Waals surface area contributed by atoms with Gasteiger partial charge in [-0.25, -0.2) is 4.98 Å². The number of para-hydroxylation sites is 1. The summed E-state index contributed by atoms with van der Waals surface area (Å²) in [4.78, 5) is 23.6. The number of carbonyl (C=O) groups excluding carboxylic acids is 1. The maximum atomic E-state index is 13.0. The Morgan fingerprint density at radius 3 is 2.69 bits per heavy atom. The van der Waals surface area contributed by atoms with Crippen molar-refractivity contribution < 1.29 is 9.53 Å². The molecular formula is C21H19N3O2. The number of benzene rings is 2. The summed E-state index contributed by atoms with van der Waals surface area (Å²) >= 11 is 0. The van der Waals surface area contributed by atoms with Crippen LogP contribution in [0, 0.1) is 0 Å². The highest BCUT2D eigenvalue weighted by Crippen LogP contribution is 2.28. The van der Waals surface area contributed by atoms with Crippen molar-refractivity contribution in [3.05, 3.63) is 72.2 Å². The number of anilines is 1. The van der Waals surface area contributed by atoms with Gasteiger partial charge >= 0.3 is 0 Å². The first-order valence-electron chi connectivity index (χ1n) is 8.62. The number of methoxy groups -OCH3 is 1. The van der Waals surface area contributed by atoms with E-state index in [1.807, 2.05) is 42.5 Å². The Balaban J connectivity index is 1.65. The second-order valence-corrected chi connectivity index (χ2v) is 6.21. The van der Waals surface area contributed by atoms with E-state index < -0.39 is 0 Å². The average molecular weight is 345 g/mol. The number of amides is 1. The fraction of sp³-hybridized carbons (Fsp3) is 0.190. The molecule has 2 aromatic carbocycles. The lowest BCUT2D eigenvalue weighted by Gasteiger charge is -2.29. The van der Waals surface area contributed by atoms with Gasteiger partial charge in [0.2, 0.25) is 0 Å². The standard InChI is InChI=1S/C21H19N3O2/c1-26-17-10-8-15(9-11-17)18-13-22-14-19(23-18)21(25)24-12-4-6-16-5-2-3-7-20(16)24/h2-3,5,7-11,13-14H,4,6,12H2,1H3. The number of aromatic nitrogens is 2. The Labute approximate surface area is 152 Å². The number of rotatable bonds is 3. The van der Waals surface area contributed by atoms with Gasteiger partial charge in [0.05, 0.1) is 25.2 Å². The van der Waals surface area contributed by atoms with Gasteiger partial charge < -0.3 is 9.64 Å². The number of carbonyl (C=O) groups is 1. The molecular weight excluding hydrogens is 326 g/mol. The summed E-state index contributed by atoms with van der Waals surface area (Å²) in [6.45, 7) is 0.699. The van der Waals surface area contributed by atoms with Crippen molar-refractivity contribution in [3.63, 3.8) is 0 Å². The van der Waals surface area contributed by atoms with E-state index >= 15 is 0 Å². The highest BCUT2D eigenvalue weighted by atomic mass is 16.5. The molecule has 5 heteroatoms. The van der Waals surface area contributed by atoms with Gasteiger partial charge in [0.25, 0.3) is 5.91 Å². The quantitative estimate of drug-likeness (QED) is 0.725. The molecule has 0 N–H and O–H groups in total. The zero-order valence-corrected chi connectivity index (χ0v) is 14.6. The second-order valence-electron chi connectivity index (χ2n) is 6.21. The van der Waals surface area contributed by atoms with Gasteiger partial charge in [0, 0.05) is 17.8 Å². The molecule has 26 heavy (non-hydrogen) atoms. The SMILES string of the molecule is COc1ccc(-c2cncc(C(=O)N3CCCc4ccccc43)n2)cc1. The maximum Gasteiger partial charge on any atom is 0.278 e. The number of hydrogen-bond donors (Lipinski definition) is 0. The fourth-order valence-electron chi connectivity index (χ4n) is 3.25. The van der Waals surface area contributed by atoms with Crippen LogP contribution in [-0.2, 0) is 6.42 Å². The first kappa shape index (κ1) is 16.3. The number of aryl methyl sites for hydroxylation is 1. The summed E-state index contributed by atoms with van der Waals surface area (Å²) in [5, 5.41) is 0. The Morgan fingerprint density at radius 1 is 1.08 bits per heavy atom. The molecule has 1 aliphatic rings. The van der Waals surface area contributed by atoms with Crippen molar-refractivity contribution in [1.29, 1.82) is 0 Å². The van der Waals surface area contributed by atoms with E-state index in [1.165, 1.54) is 11.8 Å². The molecule has 0 aliphatic carbocycles. The Morgan fingerprint density at radius 2 is 1.88 bits per heavy atom. The predicted octanol–water partition coefficient (Wildman–Crippen LogP) is 3.75. The zero-order valence-electron chi connectivity index (χ0n) is 14.6. The molecule has 5 nitrogen and oxygen atoms in total. The van der Waals surface area contributed by atoms with E-state index in [0.717, 1.165) is 29.8 Å². The number of fused-ring (bicyclic) bond motifs is 1. The minimum atomic E-state index is -0.111. The van der Waals surface area contributed by atoms with Crippen molar-refractivity contribution >= 4 is 11.6 Å². The van der Waals surface area contributed by atoms with Gasteiger partial charge in [0.15, 0.2) is 0 Å². The van der Waals surface area contributed by atoms with Gasteiger partial charge in [-0.3, -0.25) is 9.78 Å². The van der Waals surface area contributed by atoms with E-state index in [1.54, 1.807) is 18.2 Å². The maximum absolute atomic E-state index is 13.0.